The lowest BCUT2D eigenvalue weighted by Gasteiger charge is -2.33. The van der Waals surface area contributed by atoms with Crippen LogP contribution in [0.2, 0.25) is 10.0 Å². The maximum Gasteiger partial charge on any atom is 0.264 e. The van der Waals surface area contributed by atoms with Gasteiger partial charge in [-0.15, -0.1) is 11.8 Å². The summed E-state index contributed by atoms with van der Waals surface area (Å²) in [5, 5.41) is 3.53. The molecule has 0 heterocycles. The van der Waals surface area contributed by atoms with E-state index in [2.05, 4.69) is 5.32 Å². The van der Waals surface area contributed by atoms with Crippen molar-refractivity contribution in [3.63, 3.8) is 0 Å². The van der Waals surface area contributed by atoms with Gasteiger partial charge in [0.05, 0.1) is 17.2 Å². The molecule has 226 valence electrons. The summed E-state index contributed by atoms with van der Waals surface area (Å²) in [4.78, 5) is 29.6. The van der Waals surface area contributed by atoms with Gasteiger partial charge in [0.2, 0.25) is 11.8 Å². The minimum atomic E-state index is -4.25. The van der Waals surface area contributed by atoms with Gasteiger partial charge in [-0.1, -0.05) is 48.3 Å². The number of benzene rings is 3. The average Bonchev–Trinajstić information content (AvgIpc) is 2.97. The van der Waals surface area contributed by atoms with Crippen molar-refractivity contribution in [2.45, 2.75) is 49.6 Å². The van der Waals surface area contributed by atoms with Crippen LogP contribution in [-0.2, 0) is 26.2 Å². The van der Waals surface area contributed by atoms with Crippen molar-refractivity contribution in [1.29, 1.82) is 0 Å². The van der Waals surface area contributed by atoms with Gasteiger partial charge in [-0.25, -0.2) is 8.42 Å². The Hall–Kier alpha value is -2.92. The summed E-state index contributed by atoms with van der Waals surface area (Å²) < 4.78 is 35.1. The van der Waals surface area contributed by atoms with Gasteiger partial charge in [0.25, 0.3) is 10.0 Å². The molecule has 0 unspecified atom stereocenters. The predicted octanol–water partition coefficient (Wildman–Crippen LogP) is 6.25. The van der Waals surface area contributed by atoms with Gasteiger partial charge in [-0.3, -0.25) is 13.9 Å². The Labute approximate surface area is 262 Å². The molecule has 1 atom stereocenters. The van der Waals surface area contributed by atoms with E-state index in [4.69, 9.17) is 27.9 Å². The Balaban J connectivity index is 2.13. The summed E-state index contributed by atoms with van der Waals surface area (Å²) in [6, 6.07) is 17.1. The van der Waals surface area contributed by atoms with E-state index in [-0.39, 0.29) is 29.6 Å². The summed E-state index contributed by atoms with van der Waals surface area (Å²) in [5.74, 6) is -0.634. The van der Waals surface area contributed by atoms with Crippen LogP contribution in [0.3, 0.4) is 0 Å². The van der Waals surface area contributed by atoms with Crippen LogP contribution in [0, 0.1) is 0 Å². The fourth-order valence-electron chi connectivity index (χ4n) is 4.37. The van der Waals surface area contributed by atoms with E-state index in [1.54, 1.807) is 75.4 Å². The highest BCUT2D eigenvalue weighted by atomic mass is 35.5. The maximum absolute atomic E-state index is 14.2. The van der Waals surface area contributed by atoms with Crippen LogP contribution >= 0.6 is 35.0 Å². The molecular weight excluding hydrogens is 617 g/mol. The van der Waals surface area contributed by atoms with Gasteiger partial charge in [0, 0.05) is 28.0 Å². The van der Waals surface area contributed by atoms with Crippen molar-refractivity contribution < 1.29 is 22.7 Å². The molecule has 3 aromatic rings. The zero-order valence-corrected chi connectivity index (χ0v) is 27.1. The lowest BCUT2D eigenvalue weighted by molar-refractivity contribution is -0.140. The van der Waals surface area contributed by atoms with E-state index < -0.39 is 28.5 Å². The molecule has 12 heteroatoms. The standard InChI is InChI=1S/C30H35Cl2N3O5S2/c1-5-26(30(37)33-6-2)34(19-21-12-13-22(31)18-25(21)32)29(36)20-35(27-10-8-9-11-28(27)40-7-3)42(38,39)24-16-14-23(41-4)15-17-24/h8-18,26H,5-7,19-20H2,1-4H3,(H,33,37)/t26-/m0/s1. The van der Waals surface area contributed by atoms with Crippen molar-refractivity contribution in [3.8, 4) is 5.75 Å². The molecule has 42 heavy (non-hydrogen) atoms. The first kappa shape index (κ1) is 33.6. The molecule has 0 spiro atoms. The minimum Gasteiger partial charge on any atom is -0.492 e. The van der Waals surface area contributed by atoms with Gasteiger partial charge in [-0.2, -0.15) is 0 Å². The molecular formula is C30H35Cl2N3O5S2. The summed E-state index contributed by atoms with van der Waals surface area (Å²) in [5.41, 5.74) is 0.770. The van der Waals surface area contributed by atoms with Crippen LogP contribution in [0.4, 0.5) is 5.69 Å². The number of halogens is 2. The van der Waals surface area contributed by atoms with E-state index in [1.807, 2.05) is 6.26 Å². The number of para-hydroxylation sites is 2. The number of rotatable bonds is 14. The highest BCUT2D eigenvalue weighted by Crippen LogP contribution is 2.33. The summed E-state index contributed by atoms with van der Waals surface area (Å²) in [6.45, 7) is 5.40. The second-order valence-electron chi connectivity index (χ2n) is 9.16. The van der Waals surface area contributed by atoms with Gasteiger partial charge in [0.15, 0.2) is 0 Å². The number of carbonyl (C=O) groups excluding carboxylic acids is 2. The van der Waals surface area contributed by atoms with Gasteiger partial charge in [-0.05, 0) is 80.6 Å². The summed E-state index contributed by atoms with van der Waals surface area (Å²) in [6.07, 6.45) is 2.19. The second-order valence-corrected chi connectivity index (χ2v) is 12.7. The van der Waals surface area contributed by atoms with Gasteiger partial charge < -0.3 is 15.0 Å². The molecule has 0 saturated heterocycles. The first-order valence-corrected chi connectivity index (χ1v) is 16.9. The third-order valence-electron chi connectivity index (χ3n) is 6.45. The number of carbonyl (C=O) groups is 2. The molecule has 0 aliphatic rings. The average molecular weight is 653 g/mol. The zero-order chi connectivity index (χ0) is 30.9. The van der Waals surface area contributed by atoms with Crippen molar-refractivity contribution in [2.75, 3.05) is 30.3 Å². The number of thioether (sulfide) groups is 1. The Kier molecular flexibility index (Phi) is 12.4. The number of hydrogen-bond acceptors (Lipinski definition) is 6. The van der Waals surface area contributed by atoms with Crippen LogP contribution in [-0.4, -0.2) is 57.1 Å². The molecule has 0 aliphatic heterocycles. The SMILES string of the molecule is CCNC(=O)[C@H](CC)N(Cc1ccc(Cl)cc1Cl)C(=O)CN(c1ccccc1OCC)S(=O)(=O)c1ccc(SC)cc1. The Morgan fingerprint density at radius 3 is 2.29 bits per heavy atom. The lowest BCUT2D eigenvalue weighted by atomic mass is 10.1. The Morgan fingerprint density at radius 1 is 1.00 bits per heavy atom. The molecule has 0 bridgehead atoms. The molecule has 8 nitrogen and oxygen atoms in total. The number of likely N-dealkylation sites (N-methyl/N-ethyl adjacent to an activating group) is 1. The molecule has 1 N–H and O–H groups in total. The quantitative estimate of drug-likeness (QED) is 0.207. The third kappa shape index (κ3) is 8.12. The zero-order valence-electron chi connectivity index (χ0n) is 24.0. The molecule has 0 saturated carbocycles. The van der Waals surface area contributed by atoms with Crippen LogP contribution in [0.15, 0.2) is 76.5 Å². The molecule has 0 aliphatic carbocycles. The largest absolute Gasteiger partial charge is 0.492 e. The third-order valence-corrected chi connectivity index (χ3v) is 9.56. The predicted molar refractivity (Wildman–Crippen MR) is 170 cm³/mol. The second kappa shape index (κ2) is 15.5. The number of nitrogens with zero attached hydrogens (tertiary/aromatic N) is 2. The molecule has 3 aromatic carbocycles. The smallest absolute Gasteiger partial charge is 0.264 e. The normalized spacial score (nSPS) is 12.0. The monoisotopic (exact) mass is 651 g/mol. The molecule has 3 rings (SSSR count). The van der Waals surface area contributed by atoms with E-state index in [9.17, 15) is 18.0 Å². The van der Waals surface area contributed by atoms with Crippen LogP contribution < -0.4 is 14.4 Å². The van der Waals surface area contributed by atoms with Crippen molar-refractivity contribution >= 4 is 62.5 Å². The first-order chi connectivity index (χ1) is 20.1. The number of hydrogen-bond donors (Lipinski definition) is 1. The highest BCUT2D eigenvalue weighted by Gasteiger charge is 2.35. The van der Waals surface area contributed by atoms with Crippen LogP contribution in [0.1, 0.15) is 32.8 Å². The highest BCUT2D eigenvalue weighted by molar-refractivity contribution is 7.98. The number of sulfonamides is 1. The number of amides is 2. The number of anilines is 1. The fraction of sp³-hybridized carbons (Fsp3) is 0.333. The minimum absolute atomic E-state index is 0.0162. The van der Waals surface area contributed by atoms with E-state index in [0.717, 1.165) is 9.20 Å². The van der Waals surface area contributed by atoms with E-state index in [0.29, 0.717) is 34.3 Å². The molecule has 0 aromatic heterocycles. The van der Waals surface area contributed by atoms with E-state index in [1.165, 1.54) is 28.8 Å². The van der Waals surface area contributed by atoms with Crippen molar-refractivity contribution in [1.82, 2.24) is 10.2 Å². The summed E-state index contributed by atoms with van der Waals surface area (Å²) in [7, 11) is -4.25. The van der Waals surface area contributed by atoms with E-state index >= 15 is 0 Å². The first-order valence-electron chi connectivity index (χ1n) is 13.5. The lowest BCUT2D eigenvalue weighted by Crippen LogP contribution is -2.52. The fourth-order valence-corrected chi connectivity index (χ4v) is 6.68. The van der Waals surface area contributed by atoms with Crippen LogP contribution in [0.25, 0.3) is 0 Å². The molecule has 2 amide bonds. The van der Waals surface area contributed by atoms with Gasteiger partial charge >= 0.3 is 0 Å². The topological polar surface area (TPSA) is 96.0 Å². The number of ether oxygens (including phenoxy) is 1. The number of nitrogens with one attached hydrogen (secondary N) is 1. The van der Waals surface area contributed by atoms with Crippen molar-refractivity contribution in [2.24, 2.45) is 0 Å². The van der Waals surface area contributed by atoms with Gasteiger partial charge in [0.1, 0.15) is 18.3 Å². The molecule has 0 fully saturated rings. The summed E-state index contributed by atoms with van der Waals surface area (Å²) >= 11 is 14.0. The maximum atomic E-state index is 14.2. The van der Waals surface area contributed by atoms with Crippen molar-refractivity contribution in [3.05, 3.63) is 82.3 Å². The Bertz CT molecular complexity index is 1490. The van der Waals surface area contributed by atoms with Crippen LogP contribution in [0.5, 0.6) is 5.75 Å². The molecule has 0 radical (unpaired) electrons. The Morgan fingerprint density at radius 2 is 1.69 bits per heavy atom.